The van der Waals surface area contributed by atoms with E-state index in [0.29, 0.717) is 0 Å². The van der Waals surface area contributed by atoms with E-state index < -0.39 is 0 Å². The molecule has 0 unspecified atom stereocenters. The summed E-state index contributed by atoms with van der Waals surface area (Å²) in [4.78, 5) is 4.04. The van der Waals surface area contributed by atoms with Crippen molar-refractivity contribution in [1.82, 2.24) is 14.6 Å². The van der Waals surface area contributed by atoms with Gasteiger partial charge in [-0.25, -0.2) is 9.50 Å². The van der Waals surface area contributed by atoms with Crippen LogP contribution < -0.4 is 0 Å². The molecule has 0 bridgehead atoms. The molecule has 0 aliphatic carbocycles. The molecule has 3 heteroatoms. The molecule has 0 aromatic carbocycles. The van der Waals surface area contributed by atoms with Gasteiger partial charge in [-0.1, -0.05) is 41.5 Å². The van der Waals surface area contributed by atoms with E-state index in [1.807, 2.05) is 59.9 Å². The highest BCUT2D eigenvalue weighted by atomic mass is 15.2. The number of hydrogen-bond donors (Lipinski definition) is 0. The summed E-state index contributed by atoms with van der Waals surface area (Å²) in [5.74, 6) is 0. The van der Waals surface area contributed by atoms with Crippen LogP contribution in [-0.2, 0) is 0 Å². The minimum Gasteiger partial charge on any atom is -0.237 e. The Morgan fingerprint density at radius 1 is 0.933 bits per heavy atom. The fraction of sp³-hybridized carbons (Fsp3) is 0.500. The molecule has 0 spiro atoms. The zero-order chi connectivity index (χ0) is 12.1. The van der Waals surface area contributed by atoms with Crippen molar-refractivity contribution >= 4 is 5.65 Å². The average molecular weight is 209 g/mol. The number of hydrogen-bond acceptors (Lipinski definition) is 2. The lowest BCUT2D eigenvalue weighted by molar-refractivity contribution is 0.939. The monoisotopic (exact) mass is 209 g/mol. The normalized spacial score (nSPS) is 7.33. The van der Waals surface area contributed by atoms with E-state index in [4.69, 9.17) is 0 Å². The quantitative estimate of drug-likeness (QED) is 0.660. The molecule has 15 heavy (non-hydrogen) atoms. The van der Waals surface area contributed by atoms with Crippen LogP contribution in [0.5, 0.6) is 0 Å². The SMILES string of the molecule is CC.CC.CC.c1cnc2ccnn2c1. The number of fused-ring (bicyclic) bond motifs is 1. The van der Waals surface area contributed by atoms with Crippen LogP contribution in [0.3, 0.4) is 0 Å². The largest absolute Gasteiger partial charge is 0.237 e. The van der Waals surface area contributed by atoms with Gasteiger partial charge in [0.2, 0.25) is 0 Å². The van der Waals surface area contributed by atoms with Crippen LogP contribution in [0, 0.1) is 0 Å². The Bertz CT molecular complexity index is 285. The summed E-state index contributed by atoms with van der Waals surface area (Å²) in [6.07, 6.45) is 5.34. The molecule has 2 aromatic heterocycles. The fourth-order valence-electron chi connectivity index (χ4n) is 0.764. The second-order valence-electron chi connectivity index (χ2n) is 1.75. The maximum absolute atomic E-state index is 4.04. The Morgan fingerprint density at radius 2 is 1.53 bits per heavy atom. The van der Waals surface area contributed by atoms with Crippen molar-refractivity contribution < 1.29 is 0 Å². The van der Waals surface area contributed by atoms with Crippen LogP contribution in [-0.4, -0.2) is 14.6 Å². The first kappa shape index (κ1) is 16.1. The van der Waals surface area contributed by atoms with Crippen LogP contribution in [0.4, 0.5) is 0 Å². The molecule has 0 aliphatic heterocycles. The topological polar surface area (TPSA) is 30.2 Å². The van der Waals surface area contributed by atoms with Gasteiger partial charge in [-0.05, 0) is 6.07 Å². The van der Waals surface area contributed by atoms with Gasteiger partial charge in [0.25, 0.3) is 0 Å². The predicted molar refractivity (Wildman–Crippen MR) is 67.0 cm³/mol. The molecular weight excluding hydrogens is 186 g/mol. The molecule has 0 radical (unpaired) electrons. The lowest BCUT2D eigenvalue weighted by Gasteiger charge is -1.85. The van der Waals surface area contributed by atoms with Gasteiger partial charge in [-0.15, -0.1) is 0 Å². The zero-order valence-electron chi connectivity index (χ0n) is 10.7. The summed E-state index contributed by atoms with van der Waals surface area (Å²) in [5, 5.41) is 3.97. The van der Waals surface area contributed by atoms with Crippen LogP contribution >= 0.6 is 0 Å². The maximum atomic E-state index is 4.04. The van der Waals surface area contributed by atoms with E-state index >= 15 is 0 Å². The Labute approximate surface area is 93.2 Å². The highest BCUT2D eigenvalue weighted by Crippen LogP contribution is 1.93. The fourth-order valence-corrected chi connectivity index (χ4v) is 0.764. The Hall–Kier alpha value is -1.38. The third kappa shape index (κ3) is 5.83. The van der Waals surface area contributed by atoms with E-state index in [1.165, 1.54) is 0 Å². The summed E-state index contributed by atoms with van der Waals surface area (Å²) in [6.45, 7) is 12.0. The van der Waals surface area contributed by atoms with E-state index in [-0.39, 0.29) is 0 Å². The van der Waals surface area contributed by atoms with Crippen molar-refractivity contribution in [2.24, 2.45) is 0 Å². The Balaban J connectivity index is 0. The van der Waals surface area contributed by atoms with Gasteiger partial charge in [0, 0.05) is 18.5 Å². The van der Waals surface area contributed by atoms with Crippen molar-refractivity contribution in [3.05, 3.63) is 30.7 Å². The second kappa shape index (κ2) is 12.6. The van der Waals surface area contributed by atoms with Gasteiger partial charge in [0.15, 0.2) is 5.65 Å². The minimum absolute atomic E-state index is 0.887. The molecule has 2 heterocycles. The Kier molecular flexibility index (Phi) is 13.5. The van der Waals surface area contributed by atoms with Crippen molar-refractivity contribution in [2.75, 3.05) is 0 Å². The first-order valence-corrected chi connectivity index (χ1v) is 5.71. The third-order valence-electron chi connectivity index (χ3n) is 1.17. The first-order valence-electron chi connectivity index (χ1n) is 5.71. The first-order chi connectivity index (χ1) is 7.47. The molecule has 0 atom stereocenters. The second-order valence-corrected chi connectivity index (χ2v) is 1.75. The lowest BCUT2D eigenvalue weighted by Crippen LogP contribution is -1.85. The smallest absolute Gasteiger partial charge is 0.154 e. The predicted octanol–water partition coefficient (Wildman–Crippen LogP) is 3.81. The Morgan fingerprint density at radius 3 is 2.07 bits per heavy atom. The van der Waals surface area contributed by atoms with Crippen molar-refractivity contribution in [3.63, 3.8) is 0 Å². The van der Waals surface area contributed by atoms with E-state index in [9.17, 15) is 0 Å². The minimum atomic E-state index is 0.887. The van der Waals surface area contributed by atoms with Crippen LogP contribution in [0.25, 0.3) is 5.65 Å². The summed E-state index contributed by atoms with van der Waals surface area (Å²) in [7, 11) is 0. The van der Waals surface area contributed by atoms with Gasteiger partial charge in [0.05, 0.1) is 6.20 Å². The summed E-state index contributed by atoms with van der Waals surface area (Å²) < 4.78 is 1.72. The molecule has 0 amide bonds. The third-order valence-corrected chi connectivity index (χ3v) is 1.17. The van der Waals surface area contributed by atoms with Gasteiger partial charge in [-0.3, -0.25) is 0 Å². The average Bonchev–Trinajstić information content (AvgIpc) is 2.85. The molecule has 0 saturated carbocycles. The molecule has 0 aliphatic rings. The molecule has 0 fully saturated rings. The summed E-state index contributed by atoms with van der Waals surface area (Å²) in [5.41, 5.74) is 0.887. The van der Waals surface area contributed by atoms with Crippen molar-refractivity contribution in [2.45, 2.75) is 41.5 Å². The molecule has 86 valence electrons. The van der Waals surface area contributed by atoms with Gasteiger partial charge in [0.1, 0.15) is 0 Å². The van der Waals surface area contributed by atoms with Crippen LogP contribution in [0.1, 0.15) is 41.5 Å². The van der Waals surface area contributed by atoms with Gasteiger partial charge >= 0.3 is 0 Å². The van der Waals surface area contributed by atoms with Gasteiger partial charge in [-0.2, -0.15) is 5.10 Å². The van der Waals surface area contributed by atoms with E-state index in [0.717, 1.165) is 5.65 Å². The number of aromatic nitrogens is 3. The van der Waals surface area contributed by atoms with Crippen LogP contribution in [0.15, 0.2) is 30.7 Å². The number of nitrogens with zero attached hydrogens (tertiary/aromatic N) is 3. The van der Waals surface area contributed by atoms with Crippen LogP contribution in [0.2, 0.25) is 0 Å². The maximum Gasteiger partial charge on any atom is 0.154 e. The lowest BCUT2D eigenvalue weighted by atomic mass is 10.6. The van der Waals surface area contributed by atoms with Gasteiger partial charge < -0.3 is 0 Å². The molecule has 2 rings (SSSR count). The van der Waals surface area contributed by atoms with Crippen molar-refractivity contribution in [1.29, 1.82) is 0 Å². The van der Waals surface area contributed by atoms with E-state index in [2.05, 4.69) is 10.1 Å². The molecular formula is C12H23N3. The molecule has 0 N–H and O–H groups in total. The van der Waals surface area contributed by atoms with E-state index in [1.54, 1.807) is 16.9 Å². The molecule has 2 aromatic rings. The number of rotatable bonds is 0. The zero-order valence-corrected chi connectivity index (χ0v) is 10.7. The van der Waals surface area contributed by atoms with Crippen molar-refractivity contribution in [3.8, 4) is 0 Å². The highest BCUT2D eigenvalue weighted by molar-refractivity contribution is 5.33. The molecule has 0 saturated heterocycles. The summed E-state index contributed by atoms with van der Waals surface area (Å²) in [6, 6.07) is 3.71. The standard InChI is InChI=1S/C6H5N3.3C2H6/c1-3-7-6-2-4-8-9(6)5-1;3*1-2/h1-5H;3*1-2H3. The summed E-state index contributed by atoms with van der Waals surface area (Å²) >= 11 is 0. The molecule has 3 nitrogen and oxygen atoms in total. The highest BCUT2D eigenvalue weighted by Gasteiger charge is 1.86.